The van der Waals surface area contributed by atoms with Crippen molar-refractivity contribution in [1.82, 2.24) is 19.6 Å². The summed E-state index contributed by atoms with van der Waals surface area (Å²) in [5.41, 5.74) is 0.676. The lowest BCUT2D eigenvalue weighted by Gasteiger charge is -2.49. The van der Waals surface area contributed by atoms with E-state index in [9.17, 15) is 0 Å². The van der Waals surface area contributed by atoms with Crippen LogP contribution in [0.15, 0.2) is 0 Å². The van der Waals surface area contributed by atoms with E-state index >= 15 is 0 Å². The van der Waals surface area contributed by atoms with Crippen molar-refractivity contribution >= 4 is 0 Å². The zero-order valence-corrected chi connectivity index (χ0v) is 20.3. The molecule has 0 amide bonds. The molecule has 4 heterocycles. The van der Waals surface area contributed by atoms with E-state index in [1.165, 1.54) is 84.3 Å². The Labute approximate surface area is 181 Å². The fraction of sp³-hybridized carbons (Fsp3) is 1.00. The van der Waals surface area contributed by atoms with Gasteiger partial charge in [-0.3, -0.25) is 14.7 Å². The van der Waals surface area contributed by atoms with Gasteiger partial charge in [-0.15, -0.1) is 0 Å². The van der Waals surface area contributed by atoms with Gasteiger partial charge in [-0.25, -0.2) is 0 Å². The van der Waals surface area contributed by atoms with Gasteiger partial charge in [0.15, 0.2) is 0 Å². The lowest BCUT2D eigenvalue weighted by atomic mass is 9.91. The lowest BCUT2D eigenvalue weighted by molar-refractivity contribution is -0.00275. The van der Waals surface area contributed by atoms with Crippen molar-refractivity contribution in [2.45, 2.75) is 109 Å². The quantitative estimate of drug-likeness (QED) is 0.707. The second-order valence-corrected chi connectivity index (χ2v) is 12.5. The van der Waals surface area contributed by atoms with Gasteiger partial charge >= 0.3 is 0 Å². The Hall–Kier alpha value is -0.160. The minimum atomic E-state index is 0.334. The topological polar surface area (TPSA) is 13.0 Å². The van der Waals surface area contributed by atoms with Gasteiger partial charge in [0, 0.05) is 61.9 Å². The molecule has 0 spiro atoms. The van der Waals surface area contributed by atoms with Crippen LogP contribution < -0.4 is 0 Å². The normalized spacial score (nSPS) is 32.9. The minimum absolute atomic E-state index is 0.334. The molecule has 0 aromatic carbocycles. The van der Waals surface area contributed by atoms with Gasteiger partial charge < -0.3 is 4.90 Å². The Balaban J connectivity index is 1.22. The maximum absolute atomic E-state index is 2.93. The summed E-state index contributed by atoms with van der Waals surface area (Å²) in [4.78, 5) is 11.2. The number of piperidine rings is 2. The van der Waals surface area contributed by atoms with Crippen LogP contribution in [-0.2, 0) is 0 Å². The number of piperazine rings is 1. The highest BCUT2D eigenvalue weighted by Crippen LogP contribution is 2.35. The van der Waals surface area contributed by atoms with Crippen LogP contribution in [0.25, 0.3) is 0 Å². The van der Waals surface area contributed by atoms with Crippen molar-refractivity contribution in [2.75, 3.05) is 45.8 Å². The molecule has 168 valence electrons. The summed E-state index contributed by atoms with van der Waals surface area (Å²) < 4.78 is 0. The molecule has 0 saturated carbocycles. The Morgan fingerprint density at radius 1 is 0.586 bits per heavy atom. The molecule has 4 aliphatic heterocycles. The third kappa shape index (κ3) is 5.02. The molecule has 4 nitrogen and oxygen atoms in total. The standard InChI is InChI=1S/C25H48N4/c1-24(2,3)27-15-11-21(12-16-27)26-13-9-20(10-14-26)17-29-22-7-8-23(29)19-28(18-22)25(4,5)6/h20-23H,7-19H2,1-6H3. The summed E-state index contributed by atoms with van der Waals surface area (Å²) in [6.07, 6.45) is 8.48. The zero-order chi connectivity index (χ0) is 20.8. The van der Waals surface area contributed by atoms with Crippen molar-refractivity contribution in [3.63, 3.8) is 0 Å². The van der Waals surface area contributed by atoms with Crippen molar-refractivity contribution in [1.29, 1.82) is 0 Å². The van der Waals surface area contributed by atoms with Crippen molar-refractivity contribution in [3.05, 3.63) is 0 Å². The molecule has 0 aliphatic carbocycles. The van der Waals surface area contributed by atoms with Crippen LogP contribution >= 0.6 is 0 Å². The highest BCUT2D eigenvalue weighted by atomic mass is 15.3. The first-order chi connectivity index (χ1) is 13.6. The molecule has 2 atom stereocenters. The molecule has 0 aromatic rings. The molecule has 0 radical (unpaired) electrons. The Kier molecular flexibility index (Phi) is 6.39. The van der Waals surface area contributed by atoms with Crippen LogP contribution in [-0.4, -0.2) is 94.6 Å². The monoisotopic (exact) mass is 404 g/mol. The van der Waals surface area contributed by atoms with E-state index in [1.807, 2.05) is 0 Å². The summed E-state index contributed by atoms with van der Waals surface area (Å²) in [5, 5.41) is 0. The Morgan fingerprint density at radius 2 is 1.10 bits per heavy atom. The van der Waals surface area contributed by atoms with Crippen molar-refractivity contribution in [3.8, 4) is 0 Å². The fourth-order valence-electron chi connectivity index (χ4n) is 6.54. The van der Waals surface area contributed by atoms with E-state index in [-0.39, 0.29) is 0 Å². The summed E-state index contributed by atoms with van der Waals surface area (Å²) in [7, 11) is 0. The van der Waals surface area contributed by atoms with Crippen molar-refractivity contribution < 1.29 is 0 Å². The van der Waals surface area contributed by atoms with Gasteiger partial charge in [-0.1, -0.05) is 0 Å². The minimum Gasteiger partial charge on any atom is -0.300 e. The smallest absolute Gasteiger partial charge is 0.0227 e. The third-order valence-electron chi connectivity index (χ3n) is 8.63. The molecule has 4 fully saturated rings. The largest absolute Gasteiger partial charge is 0.300 e. The van der Waals surface area contributed by atoms with Gasteiger partial charge in [0.05, 0.1) is 0 Å². The third-order valence-corrected chi connectivity index (χ3v) is 8.63. The average molecular weight is 405 g/mol. The van der Waals surface area contributed by atoms with E-state index in [0.29, 0.717) is 11.1 Å². The molecule has 29 heavy (non-hydrogen) atoms. The van der Waals surface area contributed by atoms with E-state index in [0.717, 1.165) is 24.0 Å². The van der Waals surface area contributed by atoms with Crippen LogP contribution in [0.3, 0.4) is 0 Å². The number of hydrogen-bond acceptors (Lipinski definition) is 4. The van der Waals surface area contributed by atoms with Crippen LogP contribution in [0.2, 0.25) is 0 Å². The number of likely N-dealkylation sites (tertiary alicyclic amines) is 3. The van der Waals surface area contributed by atoms with Crippen LogP contribution in [0.1, 0.15) is 80.1 Å². The highest BCUT2D eigenvalue weighted by Gasteiger charge is 2.43. The molecular formula is C25H48N4. The molecule has 4 rings (SSSR count). The Bertz CT molecular complexity index is 518. The van der Waals surface area contributed by atoms with E-state index < -0.39 is 0 Å². The lowest BCUT2D eigenvalue weighted by Crippen LogP contribution is -2.59. The molecule has 2 bridgehead atoms. The maximum Gasteiger partial charge on any atom is 0.0227 e. The first kappa shape index (κ1) is 22.0. The highest BCUT2D eigenvalue weighted by molar-refractivity contribution is 4.99. The summed E-state index contributed by atoms with van der Waals surface area (Å²) in [6.45, 7) is 23.5. The number of hydrogen-bond donors (Lipinski definition) is 0. The maximum atomic E-state index is 2.93. The zero-order valence-electron chi connectivity index (χ0n) is 20.3. The van der Waals surface area contributed by atoms with E-state index in [1.54, 1.807) is 0 Å². The molecule has 0 aromatic heterocycles. The average Bonchev–Trinajstić information content (AvgIpc) is 2.88. The first-order valence-corrected chi connectivity index (χ1v) is 12.6. The number of fused-ring (bicyclic) bond motifs is 2. The molecular weight excluding hydrogens is 356 g/mol. The van der Waals surface area contributed by atoms with Crippen molar-refractivity contribution in [2.24, 2.45) is 5.92 Å². The van der Waals surface area contributed by atoms with Gasteiger partial charge in [-0.05, 0) is 99.1 Å². The molecule has 4 heteroatoms. The molecule has 2 unspecified atom stereocenters. The van der Waals surface area contributed by atoms with Gasteiger partial charge in [0.25, 0.3) is 0 Å². The summed E-state index contributed by atoms with van der Waals surface area (Å²) in [6, 6.07) is 2.50. The van der Waals surface area contributed by atoms with Gasteiger partial charge in [0.2, 0.25) is 0 Å². The number of nitrogens with zero attached hydrogens (tertiary/aromatic N) is 4. The predicted molar refractivity (Wildman–Crippen MR) is 123 cm³/mol. The second-order valence-electron chi connectivity index (χ2n) is 12.5. The van der Waals surface area contributed by atoms with E-state index in [2.05, 4.69) is 61.1 Å². The van der Waals surface area contributed by atoms with Crippen LogP contribution in [0.5, 0.6) is 0 Å². The Morgan fingerprint density at radius 3 is 1.59 bits per heavy atom. The number of rotatable bonds is 3. The SMILES string of the molecule is CC(C)(C)N1CCC(N2CCC(CN3C4CCC3CN(C(C)(C)C)C4)CC2)CC1. The van der Waals surface area contributed by atoms with Gasteiger partial charge in [0.1, 0.15) is 0 Å². The first-order valence-electron chi connectivity index (χ1n) is 12.6. The van der Waals surface area contributed by atoms with E-state index in [4.69, 9.17) is 0 Å². The summed E-state index contributed by atoms with van der Waals surface area (Å²) >= 11 is 0. The van der Waals surface area contributed by atoms with Gasteiger partial charge in [-0.2, -0.15) is 0 Å². The predicted octanol–water partition coefficient (Wildman–Crippen LogP) is 3.91. The van der Waals surface area contributed by atoms with Crippen LogP contribution in [0, 0.1) is 5.92 Å². The van der Waals surface area contributed by atoms with Crippen LogP contribution in [0.4, 0.5) is 0 Å². The molecule has 4 saturated heterocycles. The summed E-state index contributed by atoms with van der Waals surface area (Å²) in [5.74, 6) is 0.935. The molecule has 0 N–H and O–H groups in total. The molecule has 4 aliphatic rings. The second kappa shape index (κ2) is 8.41. The fourth-order valence-corrected chi connectivity index (χ4v) is 6.54.